The Kier molecular flexibility index (Phi) is 7.76. The number of nitrogens with one attached hydrogen (secondary N) is 1. The Balaban J connectivity index is 1.90. The summed E-state index contributed by atoms with van der Waals surface area (Å²) in [5, 5.41) is 48.9. The molecule has 1 fully saturated rings. The van der Waals surface area contributed by atoms with Gasteiger partial charge in [-0.15, -0.1) is 0 Å². The number of benzene rings is 1. The van der Waals surface area contributed by atoms with Gasteiger partial charge in [-0.1, -0.05) is 6.92 Å². The third-order valence-electron chi connectivity index (χ3n) is 8.49. The molecule has 7 N–H and O–H groups in total. The highest BCUT2D eigenvalue weighted by Gasteiger charge is 2.64. The molecule has 12 heteroatoms. The van der Waals surface area contributed by atoms with E-state index in [9.17, 15) is 34.8 Å². The van der Waals surface area contributed by atoms with Gasteiger partial charge in [-0.05, 0) is 58.1 Å². The predicted octanol–water partition coefficient (Wildman–Crippen LogP) is 0.0288. The second kappa shape index (κ2) is 10.5. The first-order valence-electron chi connectivity index (χ1n) is 13.3. The van der Waals surface area contributed by atoms with Crippen molar-refractivity contribution >= 4 is 28.9 Å². The van der Waals surface area contributed by atoms with Gasteiger partial charge in [0.2, 0.25) is 5.78 Å². The molecule has 0 bridgehead atoms. The number of likely N-dealkylation sites (N-methyl/N-ethyl adjacent to an activating group) is 1. The second-order valence-corrected chi connectivity index (χ2v) is 11.4. The molecule has 0 heterocycles. The second-order valence-electron chi connectivity index (χ2n) is 11.4. The van der Waals surface area contributed by atoms with Crippen molar-refractivity contribution in [2.45, 2.75) is 38.0 Å². The molecular weight excluding hydrogens is 518 g/mol. The quantitative estimate of drug-likeness (QED) is 0.187. The number of nitrogens with zero attached hydrogens (tertiary/aromatic N) is 3. The van der Waals surface area contributed by atoms with Crippen LogP contribution in [0.25, 0.3) is 5.76 Å². The Morgan fingerprint density at radius 3 is 2.35 bits per heavy atom. The van der Waals surface area contributed by atoms with E-state index < -0.39 is 58.0 Å². The monoisotopic (exact) mass is 557 g/mol. The van der Waals surface area contributed by atoms with Crippen LogP contribution in [0.5, 0.6) is 5.75 Å². The number of amides is 1. The highest BCUT2D eigenvalue weighted by molar-refractivity contribution is 6.24. The summed E-state index contributed by atoms with van der Waals surface area (Å²) in [7, 11) is 8.77. The fourth-order valence-electron chi connectivity index (χ4n) is 6.37. The summed E-state index contributed by atoms with van der Waals surface area (Å²) in [6, 6.07) is 0.723. The van der Waals surface area contributed by atoms with Gasteiger partial charge in [-0.25, -0.2) is 0 Å². The van der Waals surface area contributed by atoms with E-state index >= 15 is 0 Å². The van der Waals surface area contributed by atoms with Crippen molar-refractivity contribution in [2.75, 3.05) is 53.4 Å². The van der Waals surface area contributed by atoms with Gasteiger partial charge in [-0.2, -0.15) is 0 Å². The summed E-state index contributed by atoms with van der Waals surface area (Å²) in [4.78, 5) is 44.8. The van der Waals surface area contributed by atoms with E-state index in [2.05, 4.69) is 5.32 Å². The maximum Gasteiger partial charge on any atom is 0.255 e. The molecule has 1 aromatic rings. The number of nitrogens with two attached hydrogens (primary N) is 1. The largest absolute Gasteiger partial charge is 0.508 e. The van der Waals surface area contributed by atoms with Crippen LogP contribution in [-0.2, 0) is 27.3 Å². The van der Waals surface area contributed by atoms with Crippen LogP contribution in [0.2, 0.25) is 0 Å². The maximum atomic E-state index is 14.0. The minimum absolute atomic E-state index is 0.0477. The Hall–Kier alpha value is -3.45. The number of aliphatic hydroxyl groups is 3. The molecule has 4 atom stereocenters. The first-order valence-corrected chi connectivity index (χ1v) is 13.3. The third kappa shape index (κ3) is 4.35. The topological polar surface area (TPSA) is 180 Å². The van der Waals surface area contributed by atoms with Gasteiger partial charge in [0.05, 0.1) is 11.6 Å². The molecule has 1 aromatic carbocycles. The van der Waals surface area contributed by atoms with Crippen LogP contribution in [0, 0.1) is 11.8 Å². The third-order valence-corrected chi connectivity index (χ3v) is 8.49. The van der Waals surface area contributed by atoms with Crippen LogP contribution in [0.1, 0.15) is 30.0 Å². The van der Waals surface area contributed by atoms with Gasteiger partial charge < -0.3 is 36.4 Å². The van der Waals surface area contributed by atoms with Gasteiger partial charge in [0.1, 0.15) is 22.8 Å². The molecular formula is C28H39N5O7. The van der Waals surface area contributed by atoms with Crippen molar-refractivity contribution in [1.82, 2.24) is 15.1 Å². The summed E-state index contributed by atoms with van der Waals surface area (Å²) in [5.41, 5.74) is 3.70. The van der Waals surface area contributed by atoms with Crippen LogP contribution >= 0.6 is 0 Å². The SMILES string of the molecule is CCN(C)CNCc1cc(N(C)C)c2c(c1O)C(O)=C1C(=O)[C@]3(O)C(O)=C(C(N)=O)C(=O)[C@@H](N(C)C)[C@@H]3C[C@@H]1C2. The lowest BCUT2D eigenvalue weighted by molar-refractivity contribution is -0.153. The number of phenolic OH excluding ortho intramolecular Hbond substituents is 1. The highest BCUT2D eigenvalue weighted by atomic mass is 16.3. The maximum absolute atomic E-state index is 14.0. The minimum atomic E-state index is -2.66. The van der Waals surface area contributed by atoms with Crippen LogP contribution < -0.4 is 16.0 Å². The summed E-state index contributed by atoms with van der Waals surface area (Å²) in [5.74, 6) is -6.58. The van der Waals surface area contributed by atoms with Crippen molar-refractivity contribution in [1.29, 1.82) is 0 Å². The van der Waals surface area contributed by atoms with Crippen LogP contribution in [0.3, 0.4) is 0 Å². The number of hydrogen-bond donors (Lipinski definition) is 6. The van der Waals surface area contributed by atoms with Gasteiger partial charge in [0.25, 0.3) is 5.91 Å². The molecule has 4 rings (SSSR count). The van der Waals surface area contributed by atoms with Crippen LogP contribution in [0.4, 0.5) is 5.69 Å². The normalized spacial score (nSPS) is 26.3. The van der Waals surface area contributed by atoms with Gasteiger partial charge in [0.15, 0.2) is 11.4 Å². The molecule has 3 aliphatic rings. The van der Waals surface area contributed by atoms with Crippen LogP contribution in [-0.4, -0.2) is 108 Å². The number of rotatable bonds is 8. The zero-order valence-corrected chi connectivity index (χ0v) is 23.8. The number of phenols is 1. The Morgan fingerprint density at radius 2 is 1.80 bits per heavy atom. The number of carbonyl (C=O) groups excluding carboxylic acids is 3. The smallest absolute Gasteiger partial charge is 0.255 e. The Bertz CT molecular complexity index is 1330. The molecule has 0 aromatic heterocycles. The Morgan fingerprint density at radius 1 is 1.15 bits per heavy atom. The molecule has 0 saturated heterocycles. The van der Waals surface area contributed by atoms with E-state index in [1.807, 2.05) is 43.9 Å². The van der Waals surface area contributed by atoms with E-state index in [1.165, 1.54) is 4.90 Å². The Labute approximate surface area is 233 Å². The predicted molar refractivity (Wildman–Crippen MR) is 149 cm³/mol. The summed E-state index contributed by atoms with van der Waals surface area (Å²) in [6.07, 6.45) is 0.286. The summed E-state index contributed by atoms with van der Waals surface area (Å²) < 4.78 is 0. The molecule has 0 unspecified atom stereocenters. The molecule has 40 heavy (non-hydrogen) atoms. The zero-order chi connectivity index (χ0) is 29.8. The summed E-state index contributed by atoms with van der Waals surface area (Å²) in [6.45, 7) is 3.69. The van der Waals surface area contributed by atoms with Crippen molar-refractivity contribution < 1.29 is 34.8 Å². The van der Waals surface area contributed by atoms with E-state index in [-0.39, 0.29) is 36.3 Å². The van der Waals surface area contributed by atoms with E-state index in [0.717, 1.165) is 12.2 Å². The molecule has 12 nitrogen and oxygen atoms in total. The van der Waals surface area contributed by atoms with Gasteiger partial charge in [0, 0.05) is 50.1 Å². The number of fused-ring (bicyclic) bond motifs is 3. The number of anilines is 1. The molecule has 0 aliphatic heterocycles. The first-order chi connectivity index (χ1) is 18.7. The van der Waals surface area contributed by atoms with E-state index in [1.54, 1.807) is 14.1 Å². The minimum Gasteiger partial charge on any atom is -0.508 e. The lowest BCUT2D eigenvalue weighted by atomic mass is 9.57. The molecule has 1 saturated carbocycles. The van der Waals surface area contributed by atoms with Crippen molar-refractivity contribution in [2.24, 2.45) is 17.6 Å². The van der Waals surface area contributed by atoms with Crippen molar-refractivity contribution in [3.05, 3.63) is 39.7 Å². The van der Waals surface area contributed by atoms with Crippen molar-refractivity contribution in [3.63, 3.8) is 0 Å². The van der Waals surface area contributed by atoms with Crippen molar-refractivity contribution in [3.8, 4) is 5.75 Å². The standard InChI is InChI=1S/C28H39N5O7/c1-7-33(6)12-30-11-14-10-17(31(2)3)15-8-13-9-16-21(32(4)5)24(36)20(27(29)39)26(38)28(16,40)25(37)18(13)23(35)19(15)22(14)34/h10,13,16,21,30,34-35,38,40H,7-9,11-12H2,1-6H3,(H2,29,39)/t13-,16-,21-,28-/m0/s1. The van der Waals surface area contributed by atoms with E-state index in [4.69, 9.17) is 5.73 Å². The number of hydrogen-bond acceptors (Lipinski definition) is 11. The highest BCUT2D eigenvalue weighted by Crippen LogP contribution is 2.54. The van der Waals surface area contributed by atoms with Crippen LogP contribution in [0.15, 0.2) is 23.0 Å². The fraction of sp³-hybridized carbons (Fsp3) is 0.536. The van der Waals surface area contributed by atoms with Gasteiger partial charge >= 0.3 is 0 Å². The van der Waals surface area contributed by atoms with Gasteiger partial charge in [-0.3, -0.25) is 24.2 Å². The molecule has 1 amide bonds. The average Bonchev–Trinajstić information content (AvgIpc) is 2.86. The lowest BCUT2D eigenvalue weighted by Crippen LogP contribution is -2.65. The molecule has 3 aliphatic carbocycles. The number of primary amides is 1. The summed E-state index contributed by atoms with van der Waals surface area (Å²) >= 11 is 0. The lowest BCUT2D eigenvalue weighted by Gasteiger charge is -2.50. The fourth-order valence-corrected chi connectivity index (χ4v) is 6.37. The first kappa shape index (κ1) is 29.5. The number of carbonyl (C=O) groups is 3. The number of Topliss-reactive ketones (excluding diaryl/α,β-unsaturated/α-hetero) is 2. The number of aromatic hydroxyl groups is 1. The molecule has 218 valence electrons. The van der Waals surface area contributed by atoms with E-state index in [0.29, 0.717) is 17.8 Å². The average molecular weight is 558 g/mol. The zero-order valence-electron chi connectivity index (χ0n) is 23.8. The number of ketones is 2. The number of aliphatic hydroxyl groups excluding tert-OH is 2. The molecule has 0 radical (unpaired) electrons. The molecule has 0 spiro atoms.